The molecule has 0 aliphatic carbocycles. The van der Waals surface area contributed by atoms with Gasteiger partial charge in [-0.25, -0.2) is 0 Å². The van der Waals surface area contributed by atoms with Crippen LogP contribution in [0.25, 0.3) is 0 Å². The highest BCUT2D eigenvalue weighted by atomic mass is 16.6. The minimum absolute atomic E-state index is 0.0324. The fourth-order valence-electron chi connectivity index (χ4n) is 2.21. The maximum Gasteiger partial charge on any atom is 0.311 e. The second-order valence-electron chi connectivity index (χ2n) is 5.49. The summed E-state index contributed by atoms with van der Waals surface area (Å²) in [5, 5.41) is 23.5. The predicted octanol–water partition coefficient (Wildman–Crippen LogP) is 1.78. The number of aliphatic hydroxyl groups is 1. The third-order valence-electron chi connectivity index (χ3n) is 3.64. The Labute approximate surface area is 155 Å². The van der Waals surface area contributed by atoms with Gasteiger partial charge in [0.05, 0.1) is 19.1 Å². The van der Waals surface area contributed by atoms with E-state index < -0.39 is 16.9 Å². The number of nitro groups is 1. The number of methoxy groups -OCH3 is 2. The molecule has 2 rings (SSSR count). The number of nitrogens with one attached hydrogen (secondary N) is 1. The lowest BCUT2D eigenvalue weighted by Gasteiger charge is -2.13. The molecule has 0 aliphatic heterocycles. The molecular weight excluding hydrogens is 356 g/mol. The van der Waals surface area contributed by atoms with Crippen molar-refractivity contribution in [1.82, 2.24) is 5.32 Å². The third kappa shape index (κ3) is 5.58. The number of carbonyl (C=O) groups is 1. The summed E-state index contributed by atoms with van der Waals surface area (Å²) in [6.07, 6.45) is -0.954. The number of nitro benzene ring substituents is 1. The Bertz CT molecular complexity index is 793. The largest absolute Gasteiger partial charge is 0.497 e. The molecule has 144 valence electrons. The molecule has 2 aromatic carbocycles. The van der Waals surface area contributed by atoms with Crippen LogP contribution in [-0.2, 0) is 0 Å². The van der Waals surface area contributed by atoms with Gasteiger partial charge in [0, 0.05) is 18.2 Å². The van der Waals surface area contributed by atoms with Crippen LogP contribution < -0.4 is 19.5 Å². The summed E-state index contributed by atoms with van der Waals surface area (Å²) in [4.78, 5) is 22.5. The summed E-state index contributed by atoms with van der Waals surface area (Å²) in [7, 11) is 2.86. The Morgan fingerprint density at radius 2 is 1.81 bits per heavy atom. The van der Waals surface area contributed by atoms with Gasteiger partial charge in [-0.3, -0.25) is 14.9 Å². The standard InChI is InChI=1S/C18H20N2O7/c1-25-14-4-6-15(7-5-14)27-11-13(21)10-19-18(22)12-3-8-17(26-2)16(9-12)20(23)24/h3-9,13,21H,10-11H2,1-2H3,(H,19,22)/t13-/m0/s1. The molecule has 0 bridgehead atoms. The predicted molar refractivity (Wildman–Crippen MR) is 96.5 cm³/mol. The zero-order valence-electron chi connectivity index (χ0n) is 14.9. The zero-order chi connectivity index (χ0) is 19.8. The Hall–Kier alpha value is -3.33. The van der Waals surface area contributed by atoms with E-state index in [2.05, 4.69) is 5.32 Å². The van der Waals surface area contributed by atoms with Crippen LogP contribution >= 0.6 is 0 Å². The van der Waals surface area contributed by atoms with Crippen LogP contribution in [0.15, 0.2) is 42.5 Å². The molecular formula is C18H20N2O7. The van der Waals surface area contributed by atoms with Crippen LogP contribution in [0.1, 0.15) is 10.4 Å². The molecule has 2 N–H and O–H groups in total. The zero-order valence-corrected chi connectivity index (χ0v) is 14.9. The van der Waals surface area contributed by atoms with Crippen molar-refractivity contribution in [1.29, 1.82) is 0 Å². The number of hydrogen-bond acceptors (Lipinski definition) is 7. The molecule has 0 aromatic heterocycles. The number of ether oxygens (including phenoxy) is 3. The Balaban J connectivity index is 1.87. The SMILES string of the molecule is COc1ccc(OC[C@@H](O)CNC(=O)c2ccc(OC)c([N+](=O)[O-])c2)cc1. The normalized spacial score (nSPS) is 11.4. The average Bonchev–Trinajstić information content (AvgIpc) is 2.70. The lowest BCUT2D eigenvalue weighted by molar-refractivity contribution is -0.385. The molecule has 0 aliphatic rings. The lowest BCUT2D eigenvalue weighted by Crippen LogP contribution is -2.35. The summed E-state index contributed by atoms with van der Waals surface area (Å²) in [6.45, 7) is -0.107. The summed E-state index contributed by atoms with van der Waals surface area (Å²) >= 11 is 0. The highest BCUT2D eigenvalue weighted by Gasteiger charge is 2.18. The van der Waals surface area contributed by atoms with Crippen LogP contribution in [0.3, 0.4) is 0 Å². The van der Waals surface area contributed by atoms with Crippen LogP contribution in [0.4, 0.5) is 5.69 Å². The number of amides is 1. The molecule has 2 aromatic rings. The lowest BCUT2D eigenvalue weighted by atomic mass is 10.1. The topological polar surface area (TPSA) is 120 Å². The number of aliphatic hydroxyl groups excluding tert-OH is 1. The van der Waals surface area contributed by atoms with E-state index in [1.807, 2.05) is 0 Å². The molecule has 1 amide bonds. The van der Waals surface area contributed by atoms with E-state index >= 15 is 0 Å². The van der Waals surface area contributed by atoms with Crippen LogP contribution in [0, 0.1) is 10.1 Å². The number of rotatable bonds is 9. The van der Waals surface area contributed by atoms with Gasteiger partial charge >= 0.3 is 5.69 Å². The Morgan fingerprint density at radius 1 is 1.15 bits per heavy atom. The second-order valence-corrected chi connectivity index (χ2v) is 5.49. The number of hydrogen-bond donors (Lipinski definition) is 2. The van der Waals surface area contributed by atoms with Gasteiger partial charge in [0.25, 0.3) is 5.91 Å². The van der Waals surface area contributed by atoms with E-state index in [4.69, 9.17) is 14.2 Å². The number of nitrogens with zero attached hydrogens (tertiary/aromatic N) is 1. The summed E-state index contributed by atoms with van der Waals surface area (Å²) in [6, 6.07) is 10.7. The van der Waals surface area contributed by atoms with Gasteiger partial charge in [-0.1, -0.05) is 0 Å². The molecule has 1 atom stereocenters. The van der Waals surface area contributed by atoms with E-state index in [9.17, 15) is 20.0 Å². The minimum Gasteiger partial charge on any atom is -0.497 e. The first-order valence-corrected chi connectivity index (χ1v) is 8.00. The second kappa shape index (κ2) is 9.39. The first-order chi connectivity index (χ1) is 12.9. The fraction of sp³-hybridized carbons (Fsp3) is 0.278. The van der Waals surface area contributed by atoms with Gasteiger partial charge < -0.3 is 24.6 Å². The monoisotopic (exact) mass is 376 g/mol. The van der Waals surface area contributed by atoms with E-state index in [-0.39, 0.29) is 30.2 Å². The van der Waals surface area contributed by atoms with Gasteiger partial charge in [-0.2, -0.15) is 0 Å². The van der Waals surface area contributed by atoms with Crippen molar-refractivity contribution in [2.45, 2.75) is 6.10 Å². The number of benzene rings is 2. The molecule has 27 heavy (non-hydrogen) atoms. The third-order valence-corrected chi connectivity index (χ3v) is 3.64. The van der Waals surface area contributed by atoms with Gasteiger partial charge in [-0.05, 0) is 36.4 Å². The van der Waals surface area contributed by atoms with Gasteiger partial charge in [0.2, 0.25) is 0 Å². The van der Waals surface area contributed by atoms with E-state index in [0.29, 0.717) is 11.5 Å². The molecule has 9 nitrogen and oxygen atoms in total. The van der Waals surface area contributed by atoms with Crippen LogP contribution in [0.2, 0.25) is 0 Å². The molecule has 0 fully saturated rings. The highest BCUT2D eigenvalue weighted by Crippen LogP contribution is 2.27. The summed E-state index contributed by atoms with van der Waals surface area (Å²) in [5.74, 6) is 0.740. The van der Waals surface area contributed by atoms with E-state index in [1.165, 1.54) is 19.2 Å². The van der Waals surface area contributed by atoms with Crippen LogP contribution in [-0.4, -0.2) is 49.4 Å². The van der Waals surface area contributed by atoms with Crippen molar-refractivity contribution in [3.63, 3.8) is 0 Å². The minimum atomic E-state index is -0.954. The maximum absolute atomic E-state index is 12.1. The fourth-order valence-corrected chi connectivity index (χ4v) is 2.21. The summed E-state index contributed by atoms with van der Waals surface area (Å²) in [5.41, 5.74) is -0.223. The Kier molecular flexibility index (Phi) is 6.95. The van der Waals surface area contributed by atoms with Crippen molar-refractivity contribution >= 4 is 11.6 Å². The first-order valence-electron chi connectivity index (χ1n) is 8.00. The van der Waals surface area contributed by atoms with Crippen molar-refractivity contribution in [2.24, 2.45) is 0 Å². The highest BCUT2D eigenvalue weighted by molar-refractivity contribution is 5.95. The molecule has 0 radical (unpaired) electrons. The molecule has 0 unspecified atom stereocenters. The molecule has 0 spiro atoms. The molecule has 0 saturated carbocycles. The Morgan fingerprint density at radius 3 is 2.41 bits per heavy atom. The van der Waals surface area contributed by atoms with Crippen molar-refractivity contribution in [3.05, 3.63) is 58.1 Å². The smallest absolute Gasteiger partial charge is 0.311 e. The average molecular weight is 376 g/mol. The van der Waals surface area contributed by atoms with Gasteiger partial charge in [0.15, 0.2) is 5.75 Å². The van der Waals surface area contributed by atoms with Crippen molar-refractivity contribution < 1.29 is 29.0 Å². The summed E-state index contributed by atoms with van der Waals surface area (Å²) < 4.78 is 15.4. The van der Waals surface area contributed by atoms with Gasteiger partial charge in [0.1, 0.15) is 24.2 Å². The number of carbonyl (C=O) groups excluding carboxylic acids is 1. The molecule has 9 heteroatoms. The quantitative estimate of drug-likeness (QED) is 0.505. The maximum atomic E-state index is 12.1. The first kappa shape index (κ1) is 20.0. The van der Waals surface area contributed by atoms with Crippen LogP contribution in [0.5, 0.6) is 17.2 Å². The molecule has 0 saturated heterocycles. The van der Waals surface area contributed by atoms with Crippen molar-refractivity contribution in [3.8, 4) is 17.2 Å². The van der Waals surface area contributed by atoms with Gasteiger partial charge in [-0.15, -0.1) is 0 Å². The van der Waals surface area contributed by atoms with Crippen molar-refractivity contribution in [2.75, 3.05) is 27.4 Å². The molecule has 0 heterocycles. The van der Waals surface area contributed by atoms with E-state index in [0.717, 1.165) is 6.07 Å². The van der Waals surface area contributed by atoms with E-state index in [1.54, 1.807) is 31.4 Å².